The molecule has 0 radical (unpaired) electrons. The van der Waals surface area contributed by atoms with Crippen molar-refractivity contribution in [2.24, 2.45) is 5.73 Å². The molecule has 1 atom stereocenters. The van der Waals surface area contributed by atoms with Crippen molar-refractivity contribution in [1.82, 2.24) is 9.55 Å². The minimum absolute atomic E-state index is 0.287. The fourth-order valence-electron chi connectivity index (χ4n) is 2.40. The van der Waals surface area contributed by atoms with Gasteiger partial charge in [-0.1, -0.05) is 30.3 Å². The van der Waals surface area contributed by atoms with Crippen LogP contribution in [0.4, 0.5) is 0 Å². The maximum atomic E-state index is 5.96. The first-order valence-corrected chi connectivity index (χ1v) is 6.16. The standard InChI is InChI=1S/C14H17N3/c15-12-6-7-17-10-13(16-14(17)9-12)8-11-4-2-1-3-5-11/h1-5,10,12H,6-9,15H2. The lowest BCUT2D eigenvalue weighted by molar-refractivity contribution is 0.463. The molecule has 0 saturated carbocycles. The van der Waals surface area contributed by atoms with Crippen LogP contribution in [-0.2, 0) is 19.4 Å². The van der Waals surface area contributed by atoms with E-state index in [-0.39, 0.29) is 6.04 Å². The van der Waals surface area contributed by atoms with E-state index in [0.29, 0.717) is 0 Å². The van der Waals surface area contributed by atoms with Crippen molar-refractivity contribution in [3.8, 4) is 0 Å². The molecule has 1 aromatic carbocycles. The molecule has 2 N–H and O–H groups in total. The van der Waals surface area contributed by atoms with Gasteiger partial charge in [-0.2, -0.15) is 0 Å². The second-order valence-electron chi connectivity index (χ2n) is 4.76. The van der Waals surface area contributed by atoms with Gasteiger partial charge in [0.25, 0.3) is 0 Å². The van der Waals surface area contributed by atoms with Gasteiger partial charge >= 0.3 is 0 Å². The predicted molar refractivity (Wildman–Crippen MR) is 67.8 cm³/mol. The van der Waals surface area contributed by atoms with Gasteiger partial charge in [0.1, 0.15) is 5.82 Å². The Morgan fingerprint density at radius 3 is 2.94 bits per heavy atom. The largest absolute Gasteiger partial charge is 0.335 e. The number of hydrogen-bond acceptors (Lipinski definition) is 2. The van der Waals surface area contributed by atoms with Crippen LogP contribution in [-0.4, -0.2) is 15.6 Å². The number of imidazole rings is 1. The molecule has 88 valence electrons. The minimum Gasteiger partial charge on any atom is -0.335 e. The maximum absolute atomic E-state index is 5.96. The molecule has 2 aromatic rings. The van der Waals surface area contributed by atoms with E-state index in [0.717, 1.165) is 37.3 Å². The Hall–Kier alpha value is -1.61. The molecule has 0 bridgehead atoms. The number of rotatable bonds is 2. The molecular weight excluding hydrogens is 210 g/mol. The van der Waals surface area contributed by atoms with Gasteiger partial charge in [0.15, 0.2) is 0 Å². The molecule has 0 saturated heterocycles. The van der Waals surface area contributed by atoms with Crippen LogP contribution in [0.2, 0.25) is 0 Å². The van der Waals surface area contributed by atoms with Crippen molar-refractivity contribution in [2.45, 2.75) is 31.8 Å². The van der Waals surface area contributed by atoms with E-state index in [1.807, 2.05) is 6.07 Å². The van der Waals surface area contributed by atoms with Crippen LogP contribution in [0.15, 0.2) is 36.5 Å². The average molecular weight is 227 g/mol. The van der Waals surface area contributed by atoms with Gasteiger partial charge in [-0.05, 0) is 12.0 Å². The normalized spacial score (nSPS) is 19.0. The molecule has 3 heteroatoms. The number of nitrogens with two attached hydrogens (primary N) is 1. The Morgan fingerprint density at radius 2 is 2.12 bits per heavy atom. The van der Waals surface area contributed by atoms with Gasteiger partial charge < -0.3 is 10.3 Å². The third-order valence-electron chi connectivity index (χ3n) is 3.32. The van der Waals surface area contributed by atoms with Crippen molar-refractivity contribution in [3.05, 3.63) is 53.6 Å². The highest BCUT2D eigenvalue weighted by Crippen LogP contribution is 2.16. The highest BCUT2D eigenvalue weighted by molar-refractivity contribution is 5.21. The van der Waals surface area contributed by atoms with Crippen LogP contribution in [0.3, 0.4) is 0 Å². The van der Waals surface area contributed by atoms with E-state index < -0.39 is 0 Å². The highest BCUT2D eigenvalue weighted by atomic mass is 15.1. The number of benzene rings is 1. The van der Waals surface area contributed by atoms with Crippen molar-refractivity contribution in [3.63, 3.8) is 0 Å². The van der Waals surface area contributed by atoms with E-state index in [2.05, 4.69) is 40.0 Å². The third kappa shape index (κ3) is 2.24. The first-order chi connectivity index (χ1) is 8.31. The van der Waals surface area contributed by atoms with Crippen LogP contribution in [0.5, 0.6) is 0 Å². The Morgan fingerprint density at radius 1 is 1.29 bits per heavy atom. The number of fused-ring (bicyclic) bond motifs is 1. The van der Waals surface area contributed by atoms with Crippen LogP contribution in [0.1, 0.15) is 23.5 Å². The molecule has 1 aliphatic rings. The fourth-order valence-corrected chi connectivity index (χ4v) is 2.40. The van der Waals surface area contributed by atoms with E-state index >= 15 is 0 Å². The molecule has 0 spiro atoms. The predicted octanol–water partition coefficient (Wildman–Crippen LogP) is 1.75. The summed E-state index contributed by atoms with van der Waals surface area (Å²) in [5.41, 5.74) is 8.42. The SMILES string of the molecule is NC1CCn2cc(Cc3ccccc3)nc2C1. The van der Waals surface area contributed by atoms with Crippen molar-refractivity contribution < 1.29 is 0 Å². The van der Waals surface area contributed by atoms with Gasteiger partial charge in [0, 0.05) is 31.6 Å². The summed E-state index contributed by atoms with van der Waals surface area (Å²) in [5, 5.41) is 0. The summed E-state index contributed by atoms with van der Waals surface area (Å²) in [6.07, 6.45) is 5.06. The molecule has 0 amide bonds. The maximum Gasteiger partial charge on any atom is 0.110 e. The second-order valence-corrected chi connectivity index (χ2v) is 4.76. The summed E-state index contributed by atoms with van der Waals surface area (Å²) >= 11 is 0. The Labute approximate surface area is 101 Å². The van der Waals surface area contributed by atoms with Crippen molar-refractivity contribution in [2.75, 3.05) is 0 Å². The number of nitrogens with zero attached hydrogens (tertiary/aromatic N) is 2. The topological polar surface area (TPSA) is 43.8 Å². The molecule has 2 heterocycles. The Kier molecular flexibility index (Phi) is 2.69. The second kappa shape index (κ2) is 4.34. The lowest BCUT2D eigenvalue weighted by Gasteiger charge is -2.18. The van der Waals surface area contributed by atoms with E-state index in [9.17, 15) is 0 Å². The van der Waals surface area contributed by atoms with Gasteiger partial charge in [-0.3, -0.25) is 0 Å². The molecule has 0 aliphatic carbocycles. The zero-order chi connectivity index (χ0) is 11.7. The van der Waals surface area contributed by atoms with Gasteiger partial charge in [-0.15, -0.1) is 0 Å². The van der Waals surface area contributed by atoms with Gasteiger partial charge in [0.2, 0.25) is 0 Å². The lowest BCUT2D eigenvalue weighted by atomic mass is 10.1. The summed E-state index contributed by atoms with van der Waals surface area (Å²) in [7, 11) is 0. The summed E-state index contributed by atoms with van der Waals surface area (Å²) in [4.78, 5) is 4.68. The summed E-state index contributed by atoms with van der Waals surface area (Å²) in [6, 6.07) is 10.8. The first-order valence-electron chi connectivity index (χ1n) is 6.16. The first kappa shape index (κ1) is 10.5. The highest BCUT2D eigenvalue weighted by Gasteiger charge is 2.17. The van der Waals surface area contributed by atoms with Crippen LogP contribution in [0, 0.1) is 0 Å². The molecule has 0 fully saturated rings. The van der Waals surface area contributed by atoms with Crippen molar-refractivity contribution in [1.29, 1.82) is 0 Å². The minimum atomic E-state index is 0.287. The fraction of sp³-hybridized carbons (Fsp3) is 0.357. The molecule has 17 heavy (non-hydrogen) atoms. The molecule has 3 nitrogen and oxygen atoms in total. The third-order valence-corrected chi connectivity index (χ3v) is 3.32. The summed E-state index contributed by atoms with van der Waals surface area (Å²) in [6.45, 7) is 1.01. The number of aryl methyl sites for hydroxylation is 1. The Balaban J connectivity index is 1.81. The van der Waals surface area contributed by atoms with E-state index in [1.54, 1.807) is 0 Å². The van der Waals surface area contributed by atoms with E-state index in [1.165, 1.54) is 5.56 Å². The summed E-state index contributed by atoms with van der Waals surface area (Å²) < 4.78 is 2.25. The molecule has 1 aromatic heterocycles. The monoisotopic (exact) mass is 227 g/mol. The number of hydrogen-bond donors (Lipinski definition) is 1. The molecule has 3 rings (SSSR count). The average Bonchev–Trinajstić information content (AvgIpc) is 2.71. The molecule has 1 unspecified atom stereocenters. The summed E-state index contributed by atoms with van der Waals surface area (Å²) in [5.74, 6) is 1.15. The molecule has 1 aliphatic heterocycles. The Bertz CT molecular complexity index is 501. The zero-order valence-corrected chi connectivity index (χ0v) is 9.84. The van der Waals surface area contributed by atoms with Crippen molar-refractivity contribution >= 4 is 0 Å². The smallest absolute Gasteiger partial charge is 0.110 e. The quantitative estimate of drug-likeness (QED) is 0.849. The number of aromatic nitrogens is 2. The van der Waals surface area contributed by atoms with Gasteiger partial charge in [-0.25, -0.2) is 4.98 Å². The lowest BCUT2D eigenvalue weighted by Crippen LogP contribution is -2.30. The van der Waals surface area contributed by atoms with Crippen LogP contribution < -0.4 is 5.73 Å². The zero-order valence-electron chi connectivity index (χ0n) is 9.84. The van der Waals surface area contributed by atoms with Crippen LogP contribution >= 0.6 is 0 Å². The molecular formula is C14H17N3. The van der Waals surface area contributed by atoms with Crippen LogP contribution in [0.25, 0.3) is 0 Å². The van der Waals surface area contributed by atoms with E-state index in [4.69, 9.17) is 5.73 Å². The van der Waals surface area contributed by atoms with Gasteiger partial charge in [0.05, 0.1) is 5.69 Å².